The molecule has 9 heteroatoms. The van der Waals surface area contributed by atoms with Crippen molar-refractivity contribution in [3.8, 4) is 0 Å². The number of aliphatic hydroxyl groups is 1. The molecule has 3 aliphatic heterocycles. The van der Waals surface area contributed by atoms with Gasteiger partial charge in [0.05, 0.1) is 6.61 Å². The van der Waals surface area contributed by atoms with E-state index in [1.54, 1.807) is 6.92 Å². The van der Waals surface area contributed by atoms with Crippen LogP contribution in [0.25, 0.3) is 0 Å². The fraction of sp³-hybridized carbons (Fsp3) is 0.750. The topological polar surface area (TPSA) is 118 Å². The van der Waals surface area contributed by atoms with Crippen LogP contribution in [0.5, 0.6) is 0 Å². The normalized spacial score (nSPS) is 41.6. The zero-order chi connectivity index (χ0) is 15.4. The van der Waals surface area contributed by atoms with E-state index in [4.69, 9.17) is 14.2 Å². The molecule has 5 atom stereocenters. The summed E-state index contributed by atoms with van der Waals surface area (Å²) < 4.78 is 15.9. The van der Waals surface area contributed by atoms with Crippen molar-refractivity contribution in [1.29, 1.82) is 0 Å². The van der Waals surface area contributed by atoms with Gasteiger partial charge in [0, 0.05) is 13.3 Å². The Morgan fingerprint density at radius 2 is 2.29 bits per heavy atom. The predicted octanol–water partition coefficient (Wildman–Crippen LogP) is -1.31. The number of ether oxygens (including phenoxy) is 3. The van der Waals surface area contributed by atoms with Gasteiger partial charge in [0.25, 0.3) is 5.91 Å². The average molecular weight is 300 g/mol. The molecule has 116 valence electrons. The lowest BCUT2D eigenvalue weighted by Crippen LogP contribution is -2.59. The van der Waals surface area contributed by atoms with Gasteiger partial charge in [-0.1, -0.05) is 0 Å². The number of hydrogen-bond donors (Lipinski definition) is 2. The lowest BCUT2D eigenvalue weighted by atomic mass is 10.1. The van der Waals surface area contributed by atoms with Crippen LogP contribution >= 0.6 is 0 Å². The van der Waals surface area contributed by atoms with E-state index >= 15 is 0 Å². The van der Waals surface area contributed by atoms with E-state index in [2.05, 4.69) is 5.32 Å². The van der Waals surface area contributed by atoms with Gasteiger partial charge in [-0.25, -0.2) is 4.79 Å². The molecule has 21 heavy (non-hydrogen) atoms. The number of carbonyl (C=O) groups is 3. The van der Waals surface area contributed by atoms with E-state index in [0.717, 1.165) is 0 Å². The van der Waals surface area contributed by atoms with Gasteiger partial charge >= 0.3 is 12.0 Å². The number of imide groups is 1. The molecule has 0 radical (unpaired) electrons. The van der Waals surface area contributed by atoms with E-state index in [1.165, 1.54) is 11.8 Å². The molecule has 3 amide bonds. The molecule has 3 aliphatic rings. The third-order valence-corrected chi connectivity index (χ3v) is 3.92. The Labute approximate surface area is 120 Å². The first-order valence-corrected chi connectivity index (χ1v) is 6.62. The molecular formula is C12H16N2O7. The first-order chi connectivity index (χ1) is 9.86. The van der Waals surface area contributed by atoms with Crippen LogP contribution in [0.1, 0.15) is 20.3 Å². The summed E-state index contributed by atoms with van der Waals surface area (Å²) in [7, 11) is 0. The number of nitrogens with one attached hydrogen (secondary N) is 1. The number of urea groups is 1. The molecule has 3 heterocycles. The van der Waals surface area contributed by atoms with E-state index in [0.29, 0.717) is 0 Å². The van der Waals surface area contributed by atoms with E-state index in [1.807, 2.05) is 0 Å². The molecule has 3 saturated heterocycles. The number of epoxide rings is 1. The lowest BCUT2D eigenvalue weighted by molar-refractivity contribution is -0.150. The summed E-state index contributed by atoms with van der Waals surface area (Å²) in [5.41, 5.74) is -1.06. The number of carbonyl (C=O) groups excluding carboxylic acids is 3. The van der Waals surface area contributed by atoms with Crippen LogP contribution in [0, 0.1) is 0 Å². The number of fused-ring (bicyclic) bond motifs is 1. The second-order valence-corrected chi connectivity index (χ2v) is 5.44. The predicted molar refractivity (Wildman–Crippen MR) is 64.6 cm³/mol. The van der Waals surface area contributed by atoms with Crippen LogP contribution < -0.4 is 5.32 Å². The quantitative estimate of drug-likeness (QED) is 0.491. The molecule has 0 aliphatic carbocycles. The number of hydrogen-bond acceptors (Lipinski definition) is 7. The van der Waals surface area contributed by atoms with Gasteiger partial charge in [0.15, 0.2) is 11.8 Å². The standard InChI is InChI=1S/C12H16N2O7/c1-5(16)19-6-3-8(20-7(6)4-15)14-10-12(2,21-10)9(17)13-11(14)18/h6-8,10,15H,3-4H2,1-2H3,(H,13,17,18)/t6-,7+,8+,10+,12+/m0/s1. The van der Waals surface area contributed by atoms with Crippen molar-refractivity contribution in [2.75, 3.05) is 6.61 Å². The molecule has 0 aromatic rings. The highest BCUT2D eigenvalue weighted by molar-refractivity contribution is 6.03. The largest absolute Gasteiger partial charge is 0.460 e. The van der Waals surface area contributed by atoms with E-state index < -0.39 is 48.2 Å². The van der Waals surface area contributed by atoms with Crippen molar-refractivity contribution < 1.29 is 33.7 Å². The summed E-state index contributed by atoms with van der Waals surface area (Å²) in [5.74, 6) is -0.976. The molecule has 0 unspecified atom stereocenters. The highest BCUT2D eigenvalue weighted by Crippen LogP contribution is 2.44. The fourth-order valence-electron chi connectivity index (χ4n) is 2.73. The smallest absolute Gasteiger partial charge is 0.328 e. The third-order valence-electron chi connectivity index (χ3n) is 3.92. The van der Waals surface area contributed by atoms with E-state index in [9.17, 15) is 19.5 Å². The Morgan fingerprint density at radius 3 is 2.90 bits per heavy atom. The molecule has 2 N–H and O–H groups in total. The molecule has 0 bridgehead atoms. The molecule has 3 fully saturated rings. The monoisotopic (exact) mass is 300 g/mol. The van der Waals surface area contributed by atoms with E-state index in [-0.39, 0.29) is 13.0 Å². The number of esters is 1. The highest BCUT2D eigenvalue weighted by atomic mass is 16.7. The SMILES string of the molecule is CC(=O)O[C@H]1C[C@H](N2C(=O)NC(=O)[C@@]3(C)O[C@@H]23)O[C@@H]1CO. The zero-order valence-electron chi connectivity index (χ0n) is 11.6. The van der Waals surface area contributed by atoms with Gasteiger partial charge in [-0.3, -0.25) is 19.8 Å². The first-order valence-electron chi connectivity index (χ1n) is 6.62. The number of rotatable bonds is 3. The van der Waals surface area contributed by atoms with Gasteiger partial charge in [0.2, 0.25) is 0 Å². The van der Waals surface area contributed by atoms with Crippen molar-refractivity contribution >= 4 is 17.9 Å². The summed E-state index contributed by atoms with van der Waals surface area (Å²) in [4.78, 5) is 35.9. The molecule has 0 aromatic carbocycles. The average Bonchev–Trinajstić information content (AvgIpc) is 2.93. The van der Waals surface area contributed by atoms with Crippen LogP contribution in [0.15, 0.2) is 0 Å². The van der Waals surface area contributed by atoms with Crippen molar-refractivity contribution in [1.82, 2.24) is 10.2 Å². The van der Waals surface area contributed by atoms with Crippen LogP contribution in [0.3, 0.4) is 0 Å². The minimum atomic E-state index is -1.06. The van der Waals surface area contributed by atoms with Gasteiger partial charge < -0.3 is 19.3 Å². The van der Waals surface area contributed by atoms with Gasteiger partial charge in [-0.05, 0) is 6.92 Å². The lowest BCUT2D eigenvalue weighted by Gasteiger charge is -2.30. The number of nitrogens with zero attached hydrogens (tertiary/aromatic N) is 1. The molecule has 0 saturated carbocycles. The first kappa shape index (κ1) is 14.2. The summed E-state index contributed by atoms with van der Waals surface area (Å²) in [5, 5.41) is 11.5. The third kappa shape index (κ3) is 2.17. The number of aliphatic hydroxyl groups excluding tert-OH is 1. The molecular weight excluding hydrogens is 284 g/mol. The second kappa shape index (κ2) is 4.65. The van der Waals surface area contributed by atoms with Crippen molar-refractivity contribution in [3.05, 3.63) is 0 Å². The Balaban J connectivity index is 1.74. The van der Waals surface area contributed by atoms with Crippen molar-refractivity contribution in [2.45, 2.75) is 50.5 Å². The summed E-state index contributed by atoms with van der Waals surface area (Å²) in [6.45, 7) is 2.50. The fourth-order valence-corrected chi connectivity index (χ4v) is 2.73. The van der Waals surface area contributed by atoms with Crippen LogP contribution in [-0.4, -0.2) is 64.8 Å². The zero-order valence-corrected chi connectivity index (χ0v) is 11.6. The maximum Gasteiger partial charge on any atom is 0.328 e. The Hall–Kier alpha value is -1.71. The number of amides is 3. The highest BCUT2D eigenvalue weighted by Gasteiger charge is 2.68. The summed E-state index contributed by atoms with van der Waals surface area (Å²) >= 11 is 0. The molecule has 9 nitrogen and oxygen atoms in total. The van der Waals surface area contributed by atoms with Gasteiger partial charge in [-0.15, -0.1) is 0 Å². The molecule has 0 spiro atoms. The van der Waals surface area contributed by atoms with Gasteiger partial charge in [-0.2, -0.15) is 0 Å². The maximum atomic E-state index is 12.0. The van der Waals surface area contributed by atoms with Crippen molar-refractivity contribution in [3.63, 3.8) is 0 Å². The van der Waals surface area contributed by atoms with Crippen LogP contribution in [-0.2, 0) is 23.8 Å². The van der Waals surface area contributed by atoms with Crippen molar-refractivity contribution in [2.24, 2.45) is 0 Å². The Bertz CT molecular complexity index is 510. The molecule has 3 rings (SSSR count). The maximum absolute atomic E-state index is 12.0. The van der Waals surface area contributed by atoms with Crippen LogP contribution in [0.4, 0.5) is 4.79 Å². The Morgan fingerprint density at radius 1 is 1.57 bits per heavy atom. The minimum absolute atomic E-state index is 0.211. The minimum Gasteiger partial charge on any atom is -0.460 e. The Kier molecular flexibility index (Phi) is 3.15. The summed E-state index contributed by atoms with van der Waals surface area (Å²) in [6.07, 6.45) is -2.57. The van der Waals surface area contributed by atoms with Crippen LogP contribution in [0.2, 0.25) is 0 Å². The molecule has 0 aromatic heterocycles. The summed E-state index contributed by atoms with van der Waals surface area (Å²) in [6, 6.07) is -0.620. The van der Waals surface area contributed by atoms with Gasteiger partial charge in [0.1, 0.15) is 18.4 Å². The second-order valence-electron chi connectivity index (χ2n) is 5.44.